The molecule has 3 aromatic rings. The predicted octanol–water partition coefficient (Wildman–Crippen LogP) is 3.60. The van der Waals surface area contributed by atoms with Crippen molar-refractivity contribution in [2.45, 2.75) is 0 Å². The van der Waals surface area contributed by atoms with Crippen LogP contribution >= 0.6 is 0 Å². The van der Waals surface area contributed by atoms with E-state index in [1.807, 2.05) is 36.4 Å². The summed E-state index contributed by atoms with van der Waals surface area (Å²) < 4.78 is 10.4. The summed E-state index contributed by atoms with van der Waals surface area (Å²) in [5.74, 6) is 0.834. The Morgan fingerprint density at radius 2 is 1.95 bits per heavy atom. The second kappa shape index (κ2) is 6.13. The summed E-state index contributed by atoms with van der Waals surface area (Å²) in [6.07, 6.45) is 1.41. The van der Waals surface area contributed by atoms with E-state index < -0.39 is 0 Å². The van der Waals surface area contributed by atoms with Crippen molar-refractivity contribution in [2.24, 2.45) is 0 Å². The minimum absolute atomic E-state index is 0.284. The van der Waals surface area contributed by atoms with Crippen LogP contribution in [0.15, 0.2) is 65.3 Å². The van der Waals surface area contributed by atoms with Crippen molar-refractivity contribution < 1.29 is 14.1 Å². The first-order valence-electron chi connectivity index (χ1n) is 6.73. The molecule has 0 bridgehead atoms. The van der Waals surface area contributed by atoms with Crippen LogP contribution in [-0.2, 0) is 0 Å². The van der Waals surface area contributed by atoms with Gasteiger partial charge in [0.2, 0.25) is 0 Å². The van der Waals surface area contributed by atoms with Crippen LogP contribution in [0.1, 0.15) is 10.4 Å². The Labute approximate surface area is 127 Å². The van der Waals surface area contributed by atoms with Gasteiger partial charge in [0.1, 0.15) is 11.3 Å². The number of anilines is 1. The monoisotopic (exact) mass is 294 g/mol. The number of hydrogen-bond acceptors (Lipinski definition) is 4. The number of nitrogens with zero attached hydrogens (tertiary/aromatic N) is 1. The maximum atomic E-state index is 12.4. The first-order chi connectivity index (χ1) is 10.8. The fourth-order valence-electron chi connectivity index (χ4n) is 2.10. The van der Waals surface area contributed by atoms with E-state index >= 15 is 0 Å². The van der Waals surface area contributed by atoms with Gasteiger partial charge in [-0.2, -0.15) is 0 Å². The molecular formula is C17H14N2O3. The molecule has 0 radical (unpaired) electrons. The first kappa shape index (κ1) is 13.9. The van der Waals surface area contributed by atoms with Crippen LogP contribution < -0.4 is 10.1 Å². The molecule has 0 unspecified atom stereocenters. The lowest BCUT2D eigenvalue weighted by Crippen LogP contribution is -2.12. The average Bonchev–Trinajstić information content (AvgIpc) is 3.05. The minimum atomic E-state index is -0.284. The summed E-state index contributed by atoms with van der Waals surface area (Å²) in [5, 5.41) is 6.54. The van der Waals surface area contributed by atoms with E-state index in [1.165, 1.54) is 6.20 Å². The lowest BCUT2D eigenvalue weighted by Gasteiger charge is -2.06. The zero-order valence-corrected chi connectivity index (χ0v) is 11.9. The van der Waals surface area contributed by atoms with E-state index in [9.17, 15) is 4.79 Å². The topological polar surface area (TPSA) is 64.4 Å². The zero-order valence-electron chi connectivity index (χ0n) is 11.9. The second-order valence-corrected chi connectivity index (χ2v) is 4.62. The molecule has 1 amide bonds. The van der Waals surface area contributed by atoms with Gasteiger partial charge in [0.05, 0.1) is 13.3 Å². The highest BCUT2D eigenvalue weighted by Gasteiger charge is 2.17. The highest BCUT2D eigenvalue weighted by Crippen LogP contribution is 2.24. The predicted molar refractivity (Wildman–Crippen MR) is 82.9 cm³/mol. The molecule has 2 aromatic carbocycles. The number of benzene rings is 2. The van der Waals surface area contributed by atoms with Gasteiger partial charge in [-0.1, -0.05) is 41.6 Å². The normalized spacial score (nSPS) is 10.2. The van der Waals surface area contributed by atoms with Gasteiger partial charge in [-0.15, -0.1) is 0 Å². The molecule has 0 saturated heterocycles. The Morgan fingerprint density at radius 3 is 2.73 bits per heavy atom. The van der Waals surface area contributed by atoms with Gasteiger partial charge in [0, 0.05) is 17.3 Å². The number of methoxy groups -OCH3 is 1. The third-order valence-corrected chi connectivity index (χ3v) is 3.18. The van der Waals surface area contributed by atoms with E-state index in [1.54, 1.807) is 25.3 Å². The SMILES string of the molecule is COc1cccc(NC(=O)c2cnoc2-c2ccccc2)c1. The summed E-state index contributed by atoms with van der Waals surface area (Å²) in [5.41, 5.74) is 1.83. The molecule has 5 nitrogen and oxygen atoms in total. The van der Waals surface area contributed by atoms with Crippen LogP contribution in [0, 0.1) is 0 Å². The molecule has 0 spiro atoms. The van der Waals surface area contributed by atoms with Crippen LogP contribution in [0.5, 0.6) is 5.75 Å². The lowest BCUT2D eigenvalue weighted by atomic mass is 10.1. The summed E-state index contributed by atoms with van der Waals surface area (Å²) >= 11 is 0. The standard InChI is InChI=1S/C17H14N2O3/c1-21-14-9-5-8-13(10-14)19-17(20)15-11-18-22-16(15)12-6-3-2-4-7-12/h2-11H,1H3,(H,19,20). The van der Waals surface area contributed by atoms with Crippen molar-refractivity contribution in [1.82, 2.24) is 5.16 Å². The molecule has 0 aliphatic rings. The van der Waals surface area contributed by atoms with Crippen molar-refractivity contribution in [3.05, 3.63) is 66.4 Å². The zero-order chi connectivity index (χ0) is 15.4. The van der Waals surface area contributed by atoms with Crippen LogP contribution in [0.2, 0.25) is 0 Å². The van der Waals surface area contributed by atoms with Crippen LogP contribution in [0.4, 0.5) is 5.69 Å². The number of rotatable bonds is 4. The quantitative estimate of drug-likeness (QED) is 0.798. The molecule has 0 saturated carbocycles. The van der Waals surface area contributed by atoms with Gasteiger partial charge in [-0.05, 0) is 12.1 Å². The fourth-order valence-corrected chi connectivity index (χ4v) is 2.10. The Kier molecular flexibility index (Phi) is 3.87. The molecule has 110 valence electrons. The summed E-state index contributed by atoms with van der Waals surface area (Å²) in [6.45, 7) is 0. The first-order valence-corrected chi connectivity index (χ1v) is 6.73. The van der Waals surface area contributed by atoms with E-state index in [2.05, 4.69) is 10.5 Å². The molecule has 3 rings (SSSR count). The highest BCUT2D eigenvalue weighted by molar-refractivity contribution is 6.07. The molecular weight excluding hydrogens is 280 g/mol. The van der Waals surface area contributed by atoms with Crippen molar-refractivity contribution in [2.75, 3.05) is 12.4 Å². The van der Waals surface area contributed by atoms with Crippen LogP contribution in [0.25, 0.3) is 11.3 Å². The molecule has 5 heteroatoms. The molecule has 1 N–H and O–H groups in total. The Balaban J connectivity index is 1.86. The summed E-state index contributed by atoms with van der Waals surface area (Å²) in [6, 6.07) is 16.5. The molecule has 1 heterocycles. The maximum absolute atomic E-state index is 12.4. The van der Waals surface area contributed by atoms with E-state index in [-0.39, 0.29) is 5.91 Å². The third-order valence-electron chi connectivity index (χ3n) is 3.18. The number of amides is 1. The summed E-state index contributed by atoms with van der Waals surface area (Å²) in [7, 11) is 1.58. The third kappa shape index (κ3) is 2.83. The Hall–Kier alpha value is -3.08. The van der Waals surface area contributed by atoms with Gasteiger partial charge in [0.25, 0.3) is 5.91 Å². The molecule has 0 aliphatic heterocycles. The van der Waals surface area contributed by atoms with Crippen molar-refractivity contribution >= 4 is 11.6 Å². The lowest BCUT2D eigenvalue weighted by molar-refractivity contribution is 0.102. The van der Waals surface area contributed by atoms with E-state index in [0.29, 0.717) is 22.8 Å². The van der Waals surface area contributed by atoms with Gasteiger partial charge < -0.3 is 14.6 Å². The van der Waals surface area contributed by atoms with Crippen molar-refractivity contribution in [1.29, 1.82) is 0 Å². The van der Waals surface area contributed by atoms with E-state index in [4.69, 9.17) is 9.26 Å². The minimum Gasteiger partial charge on any atom is -0.497 e. The van der Waals surface area contributed by atoms with Crippen molar-refractivity contribution in [3.63, 3.8) is 0 Å². The van der Waals surface area contributed by atoms with E-state index in [0.717, 1.165) is 5.56 Å². The van der Waals surface area contributed by atoms with Crippen molar-refractivity contribution in [3.8, 4) is 17.1 Å². The van der Waals surface area contributed by atoms with Crippen LogP contribution in [-0.4, -0.2) is 18.2 Å². The fraction of sp³-hybridized carbons (Fsp3) is 0.0588. The van der Waals surface area contributed by atoms with Gasteiger partial charge in [-0.3, -0.25) is 4.79 Å². The van der Waals surface area contributed by atoms with Crippen LogP contribution in [0.3, 0.4) is 0 Å². The largest absolute Gasteiger partial charge is 0.497 e. The highest BCUT2D eigenvalue weighted by atomic mass is 16.5. The molecule has 0 fully saturated rings. The van der Waals surface area contributed by atoms with Gasteiger partial charge in [0.15, 0.2) is 5.76 Å². The Morgan fingerprint density at radius 1 is 1.14 bits per heavy atom. The number of hydrogen-bond donors (Lipinski definition) is 1. The number of nitrogens with one attached hydrogen (secondary N) is 1. The smallest absolute Gasteiger partial charge is 0.261 e. The molecule has 1 aromatic heterocycles. The van der Waals surface area contributed by atoms with Gasteiger partial charge >= 0.3 is 0 Å². The average molecular weight is 294 g/mol. The number of carbonyl (C=O) groups excluding carboxylic acids is 1. The molecule has 0 aliphatic carbocycles. The molecule has 0 atom stereocenters. The second-order valence-electron chi connectivity index (χ2n) is 4.62. The Bertz CT molecular complexity index is 781. The number of aromatic nitrogens is 1. The number of carbonyl (C=O) groups is 1. The maximum Gasteiger partial charge on any atom is 0.261 e. The number of ether oxygens (including phenoxy) is 1. The molecule has 22 heavy (non-hydrogen) atoms. The summed E-state index contributed by atoms with van der Waals surface area (Å²) in [4.78, 5) is 12.4. The van der Waals surface area contributed by atoms with Gasteiger partial charge in [-0.25, -0.2) is 0 Å².